The predicted molar refractivity (Wildman–Crippen MR) is 75.6 cm³/mol. The Morgan fingerprint density at radius 2 is 1.65 bits per heavy atom. The highest BCUT2D eigenvalue weighted by Gasteiger charge is 2.29. The van der Waals surface area contributed by atoms with E-state index in [9.17, 15) is 17.7 Å². The highest BCUT2D eigenvalue weighted by atomic mass is 32.2. The first kappa shape index (κ1) is 17.3. The van der Waals surface area contributed by atoms with E-state index in [1.807, 2.05) is 27.7 Å². The lowest BCUT2D eigenvalue weighted by Gasteiger charge is -2.26. The Labute approximate surface area is 121 Å². The SMILES string of the molecule is C[C@H](N[S@+]([O-])C(C)(C)C)c1ccc(CC(F)(F)F)cc1. The molecule has 1 rings (SSSR count). The van der Waals surface area contributed by atoms with Crippen molar-refractivity contribution in [3.05, 3.63) is 35.4 Å². The number of hydrogen-bond donors (Lipinski definition) is 1. The van der Waals surface area contributed by atoms with Crippen LogP contribution in [0.4, 0.5) is 13.2 Å². The third-order valence-corrected chi connectivity index (χ3v) is 4.40. The normalized spacial score (nSPS) is 16.0. The van der Waals surface area contributed by atoms with Gasteiger partial charge < -0.3 is 4.55 Å². The number of nitrogens with one attached hydrogen (secondary N) is 1. The van der Waals surface area contributed by atoms with Gasteiger partial charge in [0.15, 0.2) is 0 Å². The zero-order valence-electron chi connectivity index (χ0n) is 12.0. The molecule has 0 amide bonds. The lowest BCUT2D eigenvalue weighted by Crippen LogP contribution is -2.40. The van der Waals surface area contributed by atoms with Crippen LogP contribution in [-0.4, -0.2) is 15.5 Å². The second kappa shape index (κ2) is 6.37. The van der Waals surface area contributed by atoms with Gasteiger partial charge in [-0.15, -0.1) is 4.72 Å². The summed E-state index contributed by atoms with van der Waals surface area (Å²) in [6.07, 6.45) is -5.12. The van der Waals surface area contributed by atoms with Gasteiger partial charge in [-0.1, -0.05) is 24.3 Å². The molecule has 20 heavy (non-hydrogen) atoms. The standard InChI is InChI=1S/C14H20F3NOS/c1-10(18-20(19)13(2,3)4)12-7-5-11(6-8-12)9-14(15,16)17/h5-8,10,18H,9H2,1-4H3/t10-,20+/m0/s1. The fourth-order valence-electron chi connectivity index (χ4n) is 1.56. The van der Waals surface area contributed by atoms with Gasteiger partial charge in [-0.3, -0.25) is 0 Å². The van der Waals surface area contributed by atoms with Crippen LogP contribution in [0.5, 0.6) is 0 Å². The number of hydrogen-bond acceptors (Lipinski definition) is 2. The maximum Gasteiger partial charge on any atom is 0.393 e. The van der Waals surface area contributed by atoms with Crippen LogP contribution in [0.15, 0.2) is 24.3 Å². The van der Waals surface area contributed by atoms with Gasteiger partial charge in [0.25, 0.3) is 0 Å². The van der Waals surface area contributed by atoms with Crippen molar-refractivity contribution < 1.29 is 17.7 Å². The van der Waals surface area contributed by atoms with Crippen molar-refractivity contribution >= 4 is 11.4 Å². The maximum absolute atomic E-state index is 12.3. The summed E-state index contributed by atoms with van der Waals surface area (Å²) in [5, 5.41) is 0. The smallest absolute Gasteiger partial charge is 0.393 e. The molecule has 0 aliphatic heterocycles. The second-order valence-corrected chi connectivity index (χ2v) is 7.75. The number of rotatable bonds is 4. The van der Waals surface area contributed by atoms with E-state index in [-0.39, 0.29) is 16.4 Å². The van der Waals surface area contributed by atoms with E-state index in [4.69, 9.17) is 0 Å². The average molecular weight is 307 g/mol. The first-order valence-corrected chi connectivity index (χ1v) is 7.47. The van der Waals surface area contributed by atoms with Gasteiger partial charge in [0.05, 0.1) is 12.5 Å². The summed E-state index contributed by atoms with van der Waals surface area (Å²) in [5.74, 6) is 0. The first-order valence-electron chi connectivity index (χ1n) is 6.33. The van der Waals surface area contributed by atoms with Crippen LogP contribution in [0.2, 0.25) is 0 Å². The summed E-state index contributed by atoms with van der Waals surface area (Å²) < 4.78 is 51.3. The van der Waals surface area contributed by atoms with Gasteiger partial charge in [-0.2, -0.15) is 13.2 Å². The van der Waals surface area contributed by atoms with E-state index in [0.717, 1.165) is 5.56 Å². The van der Waals surface area contributed by atoms with Crippen LogP contribution in [0, 0.1) is 0 Å². The van der Waals surface area contributed by atoms with Gasteiger partial charge in [-0.25, -0.2) is 0 Å². The highest BCUT2D eigenvalue weighted by molar-refractivity contribution is 7.90. The first-order chi connectivity index (χ1) is 8.99. The Morgan fingerprint density at radius 3 is 2.05 bits per heavy atom. The van der Waals surface area contributed by atoms with Gasteiger partial charge in [0, 0.05) is 11.4 Å². The quantitative estimate of drug-likeness (QED) is 0.856. The molecule has 1 aromatic carbocycles. The molecule has 0 aromatic heterocycles. The van der Waals surface area contributed by atoms with Crippen molar-refractivity contribution in [2.24, 2.45) is 0 Å². The van der Waals surface area contributed by atoms with Crippen LogP contribution < -0.4 is 4.72 Å². The fourth-order valence-corrected chi connectivity index (χ4v) is 2.37. The van der Waals surface area contributed by atoms with E-state index in [1.165, 1.54) is 12.1 Å². The van der Waals surface area contributed by atoms with Crippen molar-refractivity contribution in [1.29, 1.82) is 0 Å². The molecule has 114 valence electrons. The molecule has 0 heterocycles. The Balaban J connectivity index is 2.69. The number of alkyl halides is 3. The topological polar surface area (TPSA) is 35.1 Å². The Bertz CT molecular complexity index is 426. The van der Waals surface area contributed by atoms with Crippen molar-refractivity contribution in [3.8, 4) is 0 Å². The zero-order valence-corrected chi connectivity index (χ0v) is 12.9. The second-order valence-electron chi connectivity index (χ2n) is 5.75. The molecule has 0 radical (unpaired) electrons. The molecule has 1 aromatic rings. The minimum absolute atomic E-state index is 0.185. The zero-order chi connectivity index (χ0) is 15.6. The molecular formula is C14H20F3NOS. The lowest BCUT2D eigenvalue weighted by atomic mass is 10.1. The van der Waals surface area contributed by atoms with Gasteiger partial charge in [-0.05, 0) is 38.8 Å². The molecular weight excluding hydrogens is 287 g/mol. The average Bonchev–Trinajstić information content (AvgIpc) is 2.26. The molecule has 2 atom stereocenters. The van der Waals surface area contributed by atoms with E-state index in [0.29, 0.717) is 0 Å². The molecule has 0 fully saturated rings. The fraction of sp³-hybridized carbons (Fsp3) is 0.571. The summed E-state index contributed by atoms with van der Waals surface area (Å²) in [4.78, 5) is 0. The largest absolute Gasteiger partial charge is 0.598 e. The van der Waals surface area contributed by atoms with Crippen molar-refractivity contribution in [1.82, 2.24) is 4.72 Å². The van der Waals surface area contributed by atoms with Gasteiger partial charge >= 0.3 is 6.18 Å². The molecule has 6 heteroatoms. The van der Waals surface area contributed by atoms with E-state index in [2.05, 4.69) is 4.72 Å². The van der Waals surface area contributed by atoms with Crippen LogP contribution in [0.25, 0.3) is 0 Å². The van der Waals surface area contributed by atoms with Gasteiger partial charge in [0.1, 0.15) is 4.75 Å². The van der Waals surface area contributed by atoms with Crippen molar-refractivity contribution in [3.63, 3.8) is 0 Å². The maximum atomic E-state index is 12.3. The third kappa shape index (κ3) is 5.73. The van der Waals surface area contributed by atoms with E-state index in [1.54, 1.807) is 12.1 Å². The molecule has 0 spiro atoms. The Morgan fingerprint density at radius 1 is 1.15 bits per heavy atom. The molecule has 0 saturated heterocycles. The lowest BCUT2D eigenvalue weighted by molar-refractivity contribution is -0.127. The third-order valence-electron chi connectivity index (χ3n) is 2.72. The van der Waals surface area contributed by atoms with Crippen molar-refractivity contribution in [2.75, 3.05) is 0 Å². The van der Waals surface area contributed by atoms with E-state index >= 15 is 0 Å². The van der Waals surface area contributed by atoms with Gasteiger partial charge in [0.2, 0.25) is 0 Å². The number of benzene rings is 1. The summed E-state index contributed by atoms with van der Waals surface area (Å²) in [6.45, 7) is 7.40. The van der Waals surface area contributed by atoms with E-state index < -0.39 is 24.0 Å². The molecule has 0 aliphatic carbocycles. The van der Waals surface area contributed by atoms with Crippen LogP contribution in [0.3, 0.4) is 0 Å². The van der Waals surface area contributed by atoms with Crippen molar-refractivity contribution in [2.45, 2.75) is 51.1 Å². The van der Waals surface area contributed by atoms with Crippen LogP contribution in [0.1, 0.15) is 44.9 Å². The summed E-state index contributed by atoms with van der Waals surface area (Å²) >= 11 is -1.22. The van der Waals surface area contributed by atoms with Crippen LogP contribution >= 0.6 is 0 Å². The molecule has 0 unspecified atom stereocenters. The predicted octanol–water partition coefficient (Wildman–Crippen LogP) is 3.90. The molecule has 1 N–H and O–H groups in total. The minimum Gasteiger partial charge on any atom is -0.598 e. The summed E-state index contributed by atoms with van der Waals surface area (Å²) in [5.41, 5.74) is 1.04. The molecule has 2 nitrogen and oxygen atoms in total. The molecule has 0 saturated carbocycles. The minimum atomic E-state index is -4.20. The summed E-state index contributed by atoms with van der Waals surface area (Å²) in [6, 6.07) is 6.01. The Kier molecular flexibility index (Phi) is 5.52. The number of halogens is 3. The summed E-state index contributed by atoms with van der Waals surface area (Å²) in [7, 11) is 0. The molecule has 0 aliphatic rings. The van der Waals surface area contributed by atoms with Crippen LogP contribution in [-0.2, 0) is 17.8 Å². The molecule has 0 bridgehead atoms. The Hall–Kier alpha value is -0.720. The highest BCUT2D eigenvalue weighted by Crippen LogP contribution is 2.23. The monoisotopic (exact) mass is 307 g/mol.